The van der Waals surface area contributed by atoms with Crippen molar-refractivity contribution < 1.29 is 14.7 Å². The Labute approximate surface area is 160 Å². The molecule has 1 aromatic rings. The van der Waals surface area contributed by atoms with Gasteiger partial charge in [-0.05, 0) is 49.9 Å². The summed E-state index contributed by atoms with van der Waals surface area (Å²) in [6, 6.07) is 9.11. The fraction of sp³-hybridized carbons (Fsp3) is 0.619. The number of rotatable bonds is 1. The first kappa shape index (κ1) is 18.3. The SMILES string of the molecule is CC(=O)N1Cc2ccccc2C2(CCN(C3CCN(C(=O)O)CC3)CC2)C1. The number of hydrogen-bond donors (Lipinski definition) is 1. The molecule has 0 aromatic heterocycles. The number of amides is 2. The van der Waals surface area contributed by atoms with Crippen LogP contribution in [0.3, 0.4) is 0 Å². The van der Waals surface area contributed by atoms with Crippen LogP contribution in [0.4, 0.5) is 4.79 Å². The number of hydrogen-bond acceptors (Lipinski definition) is 3. The van der Waals surface area contributed by atoms with Gasteiger partial charge in [0.1, 0.15) is 0 Å². The zero-order valence-electron chi connectivity index (χ0n) is 16.1. The van der Waals surface area contributed by atoms with E-state index < -0.39 is 6.09 Å². The minimum atomic E-state index is -0.797. The maximum Gasteiger partial charge on any atom is 0.407 e. The maximum absolute atomic E-state index is 12.1. The van der Waals surface area contributed by atoms with E-state index in [1.54, 1.807) is 6.92 Å². The zero-order chi connectivity index (χ0) is 19.0. The van der Waals surface area contributed by atoms with Gasteiger partial charge in [-0.25, -0.2) is 4.79 Å². The molecule has 0 unspecified atom stereocenters. The van der Waals surface area contributed by atoms with E-state index in [0.29, 0.717) is 19.1 Å². The third-order valence-corrected chi connectivity index (χ3v) is 6.90. The molecule has 1 N–H and O–H groups in total. The van der Waals surface area contributed by atoms with Crippen LogP contribution < -0.4 is 0 Å². The van der Waals surface area contributed by atoms with Crippen LogP contribution in [0.25, 0.3) is 0 Å². The lowest BCUT2D eigenvalue weighted by Crippen LogP contribution is -2.55. The Morgan fingerprint density at radius 2 is 1.70 bits per heavy atom. The lowest BCUT2D eigenvalue weighted by molar-refractivity contribution is -0.131. The zero-order valence-corrected chi connectivity index (χ0v) is 16.1. The van der Waals surface area contributed by atoms with Crippen molar-refractivity contribution in [2.45, 2.75) is 50.6 Å². The summed E-state index contributed by atoms with van der Waals surface area (Å²) in [7, 11) is 0. The van der Waals surface area contributed by atoms with Crippen LogP contribution >= 0.6 is 0 Å². The molecule has 6 heteroatoms. The maximum atomic E-state index is 12.1. The minimum absolute atomic E-state index is 0.0682. The summed E-state index contributed by atoms with van der Waals surface area (Å²) in [5.74, 6) is 0.160. The van der Waals surface area contributed by atoms with Crippen molar-refractivity contribution in [3.05, 3.63) is 35.4 Å². The van der Waals surface area contributed by atoms with Gasteiger partial charge in [-0.1, -0.05) is 24.3 Å². The van der Waals surface area contributed by atoms with E-state index in [-0.39, 0.29) is 11.3 Å². The van der Waals surface area contributed by atoms with Crippen molar-refractivity contribution in [2.75, 3.05) is 32.7 Å². The van der Waals surface area contributed by atoms with E-state index in [1.807, 2.05) is 4.90 Å². The highest BCUT2D eigenvalue weighted by Crippen LogP contribution is 2.42. The van der Waals surface area contributed by atoms with Gasteiger partial charge in [0, 0.05) is 44.6 Å². The second kappa shape index (κ2) is 7.15. The Balaban J connectivity index is 1.46. The van der Waals surface area contributed by atoms with Crippen molar-refractivity contribution in [1.29, 1.82) is 0 Å². The molecule has 2 fully saturated rings. The topological polar surface area (TPSA) is 64.1 Å². The first-order valence-corrected chi connectivity index (χ1v) is 10.0. The summed E-state index contributed by atoms with van der Waals surface area (Å²) in [5.41, 5.74) is 2.80. The van der Waals surface area contributed by atoms with Gasteiger partial charge in [-0.3, -0.25) is 4.79 Å². The lowest BCUT2D eigenvalue weighted by Gasteiger charge is -2.50. The predicted octanol–water partition coefficient (Wildman–Crippen LogP) is 2.52. The Kier molecular flexibility index (Phi) is 4.84. The number of piperidine rings is 2. The lowest BCUT2D eigenvalue weighted by atomic mass is 9.68. The summed E-state index contributed by atoms with van der Waals surface area (Å²) < 4.78 is 0. The normalized spacial score (nSPS) is 23.3. The van der Waals surface area contributed by atoms with Crippen LogP contribution in [0.1, 0.15) is 43.7 Å². The largest absolute Gasteiger partial charge is 0.465 e. The fourth-order valence-corrected chi connectivity index (χ4v) is 5.28. The average Bonchev–Trinajstić information content (AvgIpc) is 2.68. The molecule has 27 heavy (non-hydrogen) atoms. The quantitative estimate of drug-likeness (QED) is 0.824. The minimum Gasteiger partial charge on any atom is -0.465 e. The molecule has 0 atom stereocenters. The van der Waals surface area contributed by atoms with E-state index in [9.17, 15) is 9.59 Å². The number of carbonyl (C=O) groups excluding carboxylic acids is 1. The van der Waals surface area contributed by atoms with E-state index in [1.165, 1.54) is 16.0 Å². The highest BCUT2D eigenvalue weighted by Gasteiger charge is 2.43. The second-order valence-corrected chi connectivity index (χ2v) is 8.35. The molecule has 0 aliphatic carbocycles. The van der Waals surface area contributed by atoms with E-state index in [0.717, 1.165) is 51.9 Å². The molecule has 4 rings (SSSR count). The Morgan fingerprint density at radius 3 is 2.33 bits per heavy atom. The number of fused-ring (bicyclic) bond motifs is 2. The standard InChI is InChI=1S/C21H29N3O3/c1-16(25)24-14-17-4-2-3-5-19(17)21(15-24)8-12-22(13-9-21)18-6-10-23(11-7-18)20(26)27/h2-5,18H,6-15H2,1H3,(H,26,27). The number of nitrogens with zero attached hydrogens (tertiary/aromatic N) is 3. The molecule has 0 radical (unpaired) electrons. The van der Waals surface area contributed by atoms with Crippen molar-refractivity contribution in [1.82, 2.24) is 14.7 Å². The number of likely N-dealkylation sites (tertiary alicyclic amines) is 2. The van der Waals surface area contributed by atoms with Gasteiger partial charge in [0.05, 0.1) is 0 Å². The smallest absolute Gasteiger partial charge is 0.407 e. The van der Waals surface area contributed by atoms with Gasteiger partial charge in [-0.2, -0.15) is 0 Å². The van der Waals surface area contributed by atoms with Gasteiger partial charge >= 0.3 is 6.09 Å². The summed E-state index contributed by atoms with van der Waals surface area (Å²) in [6.07, 6.45) is 3.18. The summed E-state index contributed by atoms with van der Waals surface area (Å²) >= 11 is 0. The summed E-state index contributed by atoms with van der Waals surface area (Å²) in [6.45, 7) is 6.56. The Morgan fingerprint density at radius 1 is 1.04 bits per heavy atom. The molecule has 3 aliphatic heterocycles. The van der Waals surface area contributed by atoms with Crippen molar-refractivity contribution in [3.8, 4) is 0 Å². The van der Waals surface area contributed by atoms with Crippen LogP contribution in [0.15, 0.2) is 24.3 Å². The molecule has 0 saturated carbocycles. The first-order chi connectivity index (χ1) is 13.0. The molecule has 1 spiro atoms. The molecule has 6 nitrogen and oxygen atoms in total. The Hall–Kier alpha value is -2.08. The van der Waals surface area contributed by atoms with Crippen LogP contribution in [0.5, 0.6) is 0 Å². The molecule has 146 valence electrons. The van der Waals surface area contributed by atoms with Crippen LogP contribution in [0.2, 0.25) is 0 Å². The number of carbonyl (C=O) groups is 2. The molecule has 3 aliphatic rings. The van der Waals surface area contributed by atoms with E-state index in [2.05, 4.69) is 29.2 Å². The van der Waals surface area contributed by atoms with Crippen molar-refractivity contribution in [3.63, 3.8) is 0 Å². The third kappa shape index (κ3) is 3.43. The van der Waals surface area contributed by atoms with Gasteiger partial charge < -0.3 is 19.8 Å². The van der Waals surface area contributed by atoms with Crippen molar-refractivity contribution >= 4 is 12.0 Å². The fourth-order valence-electron chi connectivity index (χ4n) is 5.28. The molecular formula is C21H29N3O3. The number of carboxylic acid groups (broad SMARTS) is 1. The van der Waals surface area contributed by atoms with Crippen LogP contribution in [-0.4, -0.2) is 70.6 Å². The highest BCUT2D eigenvalue weighted by molar-refractivity contribution is 5.74. The molecule has 0 bridgehead atoms. The first-order valence-electron chi connectivity index (χ1n) is 10.0. The average molecular weight is 371 g/mol. The molecule has 2 amide bonds. The van der Waals surface area contributed by atoms with Gasteiger partial charge in [0.2, 0.25) is 5.91 Å². The molecule has 3 heterocycles. The van der Waals surface area contributed by atoms with Crippen molar-refractivity contribution in [2.24, 2.45) is 0 Å². The predicted molar refractivity (Wildman–Crippen MR) is 103 cm³/mol. The van der Waals surface area contributed by atoms with Gasteiger partial charge in [0.25, 0.3) is 0 Å². The van der Waals surface area contributed by atoms with Crippen LogP contribution in [-0.2, 0) is 16.8 Å². The van der Waals surface area contributed by atoms with Gasteiger partial charge in [-0.15, -0.1) is 0 Å². The monoisotopic (exact) mass is 371 g/mol. The highest BCUT2D eigenvalue weighted by atomic mass is 16.4. The molecule has 2 saturated heterocycles. The number of benzene rings is 1. The Bertz CT molecular complexity index is 719. The van der Waals surface area contributed by atoms with E-state index in [4.69, 9.17) is 5.11 Å². The summed E-state index contributed by atoms with van der Waals surface area (Å²) in [4.78, 5) is 29.3. The van der Waals surface area contributed by atoms with Gasteiger partial charge in [0.15, 0.2) is 0 Å². The third-order valence-electron chi connectivity index (χ3n) is 6.90. The molecular weight excluding hydrogens is 342 g/mol. The van der Waals surface area contributed by atoms with Crippen LogP contribution in [0, 0.1) is 0 Å². The molecule has 1 aromatic carbocycles. The second-order valence-electron chi connectivity index (χ2n) is 8.35. The summed E-state index contributed by atoms with van der Waals surface area (Å²) in [5, 5.41) is 9.14. The van der Waals surface area contributed by atoms with E-state index >= 15 is 0 Å².